The number of rotatable bonds is 3. The summed E-state index contributed by atoms with van der Waals surface area (Å²) in [6.07, 6.45) is 1.34. The minimum absolute atomic E-state index is 0.0836. The van der Waals surface area contributed by atoms with E-state index in [1.165, 1.54) is 18.3 Å². The number of fused-ring (bicyclic) bond motifs is 3. The molecule has 2 amide bonds. The highest BCUT2D eigenvalue weighted by atomic mass is 19.1. The third-order valence-corrected chi connectivity index (χ3v) is 5.38. The Morgan fingerprint density at radius 2 is 1.77 bits per heavy atom. The molecule has 5 rings (SSSR count). The molecular formula is C23H17FN4O3. The maximum atomic E-state index is 14.6. The van der Waals surface area contributed by atoms with Crippen LogP contribution in [0.5, 0.6) is 5.75 Å². The Balaban J connectivity index is 1.73. The fourth-order valence-electron chi connectivity index (χ4n) is 3.95. The van der Waals surface area contributed by atoms with Gasteiger partial charge in [0.2, 0.25) is 0 Å². The first-order valence-electron chi connectivity index (χ1n) is 9.59. The summed E-state index contributed by atoms with van der Waals surface area (Å²) in [7, 11) is 1.55. The van der Waals surface area contributed by atoms with Crippen molar-refractivity contribution in [3.05, 3.63) is 76.9 Å². The molecule has 2 aromatic heterocycles. The molecule has 0 unspecified atom stereocenters. The van der Waals surface area contributed by atoms with Crippen molar-refractivity contribution in [2.45, 2.75) is 13.8 Å². The molecule has 7 nitrogen and oxygen atoms in total. The maximum absolute atomic E-state index is 14.6. The summed E-state index contributed by atoms with van der Waals surface area (Å²) >= 11 is 0. The van der Waals surface area contributed by atoms with Crippen molar-refractivity contribution >= 4 is 28.5 Å². The monoisotopic (exact) mass is 416 g/mol. The molecule has 3 heterocycles. The van der Waals surface area contributed by atoms with Crippen LogP contribution < -0.4 is 9.64 Å². The number of ether oxygens (including phenoxy) is 1. The zero-order valence-electron chi connectivity index (χ0n) is 17.0. The van der Waals surface area contributed by atoms with E-state index < -0.39 is 17.6 Å². The van der Waals surface area contributed by atoms with Gasteiger partial charge in [-0.2, -0.15) is 5.10 Å². The molecular weight excluding hydrogens is 399 g/mol. The largest absolute Gasteiger partial charge is 0.494 e. The van der Waals surface area contributed by atoms with Gasteiger partial charge in [-0.25, -0.2) is 19.0 Å². The van der Waals surface area contributed by atoms with E-state index in [0.717, 1.165) is 4.90 Å². The molecule has 2 aromatic carbocycles. The van der Waals surface area contributed by atoms with Gasteiger partial charge in [-0.1, -0.05) is 18.2 Å². The molecule has 0 aliphatic carbocycles. The van der Waals surface area contributed by atoms with E-state index in [-0.39, 0.29) is 16.8 Å². The van der Waals surface area contributed by atoms with Gasteiger partial charge in [-0.3, -0.25) is 9.59 Å². The molecule has 154 valence electrons. The third kappa shape index (κ3) is 2.64. The van der Waals surface area contributed by atoms with Crippen LogP contribution in [0.1, 0.15) is 32.0 Å². The zero-order valence-corrected chi connectivity index (χ0v) is 17.0. The molecule has 0 saturated heterocycles. The van der Waals surface area contributed by atoms with Crippen molar-refractivity contribution in [1.82, 2.24) is 14.8 Å². The van der Waals surface area contributed by atoms with Crippen LogP contribution in [0, 0.1) is 19.7 Å². The maximum Gasteiger partial charge on any atom is 0.267 e. The molecule has 0 bridgehead atoms. The first-order chi connectivity index (χ1) is 14.9. The highest BCUT2D eigenvalue weighted by molar-refractivity contribution is 6.37. The van der Waals surface area contributed by atoms with Crippen LogP contribution in [0.15, 0.2) is 48.7 Å². The van der Waals surface area contributed by atoms with Crippen molar-refractivity contribution in [2.24, 2.45) is 0 Å². The number of anilines is 1. The van der Waals surface area contributed by atoms with Crippen LogP contribution in [0.25, 0.3) is 16.7 Å². The van der Waals surface area contributed by atoms with E-state index in [1.807, 2.05) is 18.2 Å². The van der Waals surface area contributed by atoms with Gasteiger partial charge in [0.25, 0.3) is 11.8 Å². The Hall–Kier alpha value is -4.07. The van der Waals surface area contributed by atoms with Crippen LogP contribution in [-0.2, 0) is 0 Å². The number of aryl methyl sites for hydroxylation is 2. The molecule has 0 spiro atoms. The van der Waals surface area contributed by atoms with Crippen molar-refractivity contribution in [3.8, 4) is 11.4 Å². The summed E-state index contributed by atoms with van der Waals surface area (Å²) in [5.41, 5.74) is 2.49. The number of carbonyl (C=O) groups is 2. The van der Waals surface area contributed by atoms with Crippen LogP contribution in [0.2, 0.25) is 0 Å². The quantitative estimate of drug-likeness (QED) is 0.472. The van der Waals surface area contributed by atoms with Crippen molar-refractivity contribution < 1.29 is 18.7 Å². The van der Waals surface area contributed by atoms with Crippen LogP contribution in [-0.4, -0.2) is 33.7 Å². The molecule has 0 N–H and O–H groups in total. The molecule has 0 radical (unpaired) electrons. The summed E-state index contributed by atoms with van der Waals surface area (Å²) in [6.45, 7) is 3.47. The number of halogens is 1. The minimum atomic E-state index is -0.639. The van der Waals surface area contributed by atoms with Gasteiger partial charge in [-0.05, 0) is 43.7 Å². The fraction of sp³-hybridized carbons (Fsp3) is 0.130. The Kier molecular flexibility index (Phi) is 4.11. The average Bonchev–Trinajstić information content (AvgIpc) is 3.22. The molecule has 1 aliphatic heterocycles. The first-order valence-corrected chi connectivity index (χ1v) is 9.59. The van der Waals surface area contributed by atoms with Gasteiger partial charge < -0.3 is 4.74 Å². The van der Waals surface area contributed by atoms with Crippen molar-refractivity contribution in [3.63, 3.8) is 0 Å². The Labute approximate surface area is 176 Å². The van der Waals surface area contributed by atoms with E-state index in [2.05, 4.69) is 10.1 Å². The molecule has 0 saturated carbocycles. The Morgan fingerprint density at radius 1 is 1.00 bits per heavy atom. The van der Waals surface area contributed by atoms with E-state index in [0.29, 0.717) is 33.7 Å². The van der Waals surface area contributed by atoms with Gasteiger partial charge in [0.1, 0.15) is 17.3 Å². The predicted octanol–water partition coefficient (Wildman–Crippen LogP) is 3.99. The van der Waals surface area contributed by atoms with Gasteiger partial charge in [0.05, 0.1) is 35.0 Å². The van der Waals surface area contributed by atoms with E-state index in [4.69, 9.17) is 4.74 Å². The van der Waals surface area contributed by atoms with Gasteiger partial charge in [0, 0.05) is 6.20 Å². The number of pyridine rings is 1. The topological polar surface area (TPSA) is 77.3 Å². The summed E-state index contributed by atoms with van der Waals surface area (Å²) in [5, 5.41) is 5.01. The third-order valence-electron chi connectivity index (χ3n) is 5.38. The summed E-state index contributed by atoms with van der Waals surface area (Å²) in [4.78, 5) is 31.6. The van der Waals surface area contributed by atoms with Crippen LogP contribution in [0.3, 0.4) is 0 Å². The lowest BCUT2D eigenvalue weighted by molar-refractivity contribution is 0.0925. The second-order valence-electron chi connectivity index (χ2n) is 7.32. The first kappa shape index (κ1) is 18.9. The zero-order chi connectivity index (χ0) is 21.9. The molecule has 31 heavy (non-hydrogen) atoms. The number of benzene rings is 2. The molecule has 1 aliphatic rings. The van der Waals surface area contributed by atoms with Gasteiger partial charge in [0.15, 0.2) is 5.65 Å². The van der Waals surface area contributed by atoms with Crippen LogP contribution >= 0.6 is 0 Å². The minimum Gasteiger partial charge on any atom is -0.494 e. The second-order valence-corrected chi connectivity index (χ2v) is 7.32. The number of carbonyl (C=O) groups excluding carboxylic acids is 2. The lowest BCUT2D eigenvalue weighted by Gasteiger charge is -2.15. The van der Waals surface area contributed by atoms with Crippen molar-refractivity contribution in [2.75, 3.05) is 12.0 Å². The normalized spacial score (nSPS) is 13.2. The molecule has 4 aromatic rings. The number of methoxy groups -OCH3 is 1. The van der Waals surface area contributed by atoms with Gasteiger partial charge in [-0.15, -0.1) is 0 Å². The molecule has 0 atom stereocenters. The van der Waals surface area contributed by atoms with E-state index >= 15 is 0 Å². The SMILES string of the molecule is COc1ccccc1-n1nc(C)c2c3c(cnc21)C(=O)N(c1ccc(C)cc1F)C3=O. The summed E-state index contributed by atoms with van der Waals surface area (Å²) in [5.74, 6) is -1.26. The standard InChI is InChI=1S/C23H17FN4O3/c1-12-8-9-16(15(24)10-12)27-22(29)14-11-25-21-19(20(14)23(27)30)13(2)26-28(21)17-6-4-5-7-18(17)31-3/h4-11H,1-3H3. The molecule has 8 heteroatoms. The number of nitrogens with zero attached hydrogens (tertiary/aromatic N) is 4. The fourth-order valence-corrected chi connectivity index (χ4v) is 3.95. The molecule has 0 fully saturated rings. The highest BCUT2D eigenvalue weighted by Crippen LogP contribution is 2.36. The number of hydrogen-bond acceptors (Lipinski definition) is 5. The number of hydrogen-bond donors (Lipinski definition) is 0. The number of imide groups is 1. The smallest absolute Gasteiger partial charge is 0.267 e. The van der Waals surface area contributed by atoms with Crippen molar-refractivity contribution in [1.29, 1.82) is 0 Å². The highest BCUT2D eigenvalue weighted by Gasteiger charge is 2.41. The predicted molar refractivity (Wildman–Crippen MR) is 112 cm³/mol. The second kappa shape index (κ2) is 6.73. The Bertz CT molecular complexity index is 1410. The van der Waals surface area contributed by atoms with E-state index in [1.54, 1.807) is 37.8 Å². The van der Waals surface area contributed by atoms with E-state index in [9.17, 15) is 14.0 Å². The lowest BCUT2D eigenvalue weighted by Crippen LogP contribution is -2.30. The summed E-state index contributed by atoms with van der Waals surface area (Å²) < 4.78 is 21.6. The lowest BCUT2D eigenvalue weighted by atomic mass is 10.1. The Morgan fingerprint density at radius 3 is 2.52 bits per heavy atom. The number of amides is 2. The summed E-state index contributed by atoms with van der Waals surface area (Å²) in [6, 6.07) is 11.7. The van der Waals surface area contributed by atoms with Crippen LogP contribution in [0.4, 0.5) is 10.1 Å². The average molecular weight is 416 g/mol. The number of aromatic nitrogens is 3. The number of para-hydroxylation sites is 2. The van der Waals surface area contributed by atoms with Gasteiger partial charge >= 0.3 is 0 Å².